The molecule has 9 nitrogen and oxygen atoms in total. The fourth-order valence-corrected chi connectivity index (χ4v) is 5.33. The Kier molecular flexibility index (Phi) is 8.72. The highest BCUT2D eigenvalue weighted by Gasteiger charge is 2.46. The van der Waals surface area contributed by atoms with Crippen molar-refractivity contribution in [1.82, 2.24) is 15.2 Å². The topological polar surface area (TPSA) is 102 Å². The van der Waals surface area contributed by atoms with Crippen molar-refractivity contribution in [2.45, 2.75) is 90.3 Å². The molecule has 1 atom stereocenters. The number of aryl methyl sites for hydroxylation is 1. The molecule has 0 aliphatic carbocycles. The molecule has 3 heterocycles. The minimum Gasteiger partial charge on any atom is -0.444 e. The predicted octanol–water partition coefficient (Wildman–Crippen LogP) is 5.69. The van der Waals surface area contributed by atoms with Gasteiger partial charge in [-0.05, 0) is 62.4 Å². The Morgan fingerprint density at radius 1 is 1.10 bits per heavy atom. The first-order valence-corrected chi connectivity index (χ1v) is 14.2. The number of pyridine rings is 1. The van der Waals surface area contributed by atoms with Crippen LogP contribution in [0.2, 0.25) is 0 Å². The van der Waals surface area contributed by atoms with Gasteiger partial charge in [0.15, 0.2) is 5.79 Å². The van der Waals surface area contributed by atoms with E-state index < -0.39 is 47.6 Å². The van der Waals surface area contributed by atoms with Crippen LogP contribution in [0.1, 0.15) is 76.0 Å². The SMILES string of the molecule is Cc1cc(C(=O)NC[C@@H]2CC3(CCN2C(=O)OC(C)(C)C)OCCO3)nc2c(C(C)(C)C)cc(NCC(F)(F)F)cc12. The molecule has 0 saturated carbocycles. The standard InChI is InChI=1S/C30H41F3N4O5/c1-18-12-23(36-24-21(18)13-19(35-17-30(31,32)33)14-22(24)27(2,3)4)25(38)34-16-20-15-29(40-10-11-41-29)8-9-37(20)26(39)42-28(5,6)7/h12-14,20,35H,8-11,15-17H2,1-7H3,(H,34,38)/t20-/m0/s1. The lowest BCUT2D eigenvalue weighted by atomic mass is 9.84. The number of halogens is 3. The lowest BCUT2D eigenvalue weighted by Crippen LogP contribution is -2.57. The number of hydrogen-bond acceptors (Lipinski definition) is 7. The number of aromatic nitrogens is 1. The van der Waals surface area contributed by atoms with Crippen molar-refractivity contribution in [3.05, 3.63) is 35.0 Å². The Bertz CT molecular complexity index is 1330. The van der Waals surface area contributed by atoms with Crippen LogP contribution in [0, 0.1) is 6.92 Å². The molecule has 0 bridgehead atoms. The van der Waals surface area contributed by atoms with E-state index in [1.807, 2.05) is 20.8 Å². The summed E-state index contributed by atoms with van der Waals surface area (Å²) in [7, 11) is 0. The van der Waals surface area contributed by atoms with Crippen LogP contribution in [-0.4, -0.2) is 78.3 Å². The van der Waals surface area contributed by atoms with E-state index in [0.29, 0.717) is 60.3 Å². The van der Waals surface area contributed by atoms with E-state index in [-0.39, 0.29) is 12.2 Å². The van der Waals surface area contributed by atoms with Gasteiger partial charge < -0.3 is 29.7 Å². The zero-order valence-corrected chi connectivity index (χ0v) is 25.3. The lowest BCUT2D eigenvalue weighted by molar-refractivity contribution is -0.193. The highest BCUT2D eigenvalue weighted by atomic mass is 19.4. The quantitative estimate of drug-likeness (QED) is 0.459. The van der Waals surface area contributed by atoms with Gasteiger partial charge in [0.05, 0.1) is 24.8 Å². The summed E-state index contributed by atoms with van der Waals surface area (Å²) in [6.45, 7) is 13.3. The number of carbonyl (C=O) groups is 2. The zero-order chi connectivity index (χ0) is 31.1. The first-order chi connectivity index (χ1) is 19.4. The second-order valence-corrected chi connectivity index (χ2v) is 13.1. The molecule has 1 spiro atoms. The Morgan fingerprint density at radius 3 is 2.36 bits per heavy atom. The number of carbonyl (C=O) groups excluding carboxylic acids is 2. The van der Waals surface area contributed by atoms with Crippen molar-refractivity contribution in [2.75, 3.05) is 38.2 Å². The summed E-state index contributed by atoms with van der Waals surface area (Å²) >= 11 is 0. The van der Waals surface area contributed by atoms with E-state index in [9.17, 15) is 22.8 Å². The number of nitrogens with one attached hydrogen (secondary N) is 2. The average Bonchev–Trinajstić information content (AvgIpc) is 3.31. The Balaban J connectivity index is 1.59. The van der Waals surface area contributed by atoms with E-state index >= 15 is 0 Å². The number of amides is 2. The van der Waals surface area contributed by atoms with Gasteiger partial charge in [0, 0.05) is 37.0 Å². The predicted molar refractivity (Wildman–Crippen MR) is 153 cm³/mol. The Hall–Kier alpha value is -3.12. The molecule has 232 valence electrons. The monoisotopic (exact) mass is 594 g/mol. The number of ether oxygens (including phenoxy) is 3. The number of nitrogens with zero attached hydrogens (tertiary/aromatic N) is 2. The number of alkyl halides is 3. The second kappa shape index (κ2) is 11.5. The van der Waals surface area contributed by atoms with Gasteiger partial charge in [-0.25, -0.2) is 9.78 Å². The fourth-order valence-electron chi connectivity index (χ4n) is 5.33. The maximum Gasteiger partial charge on any atom is 0.410 e. The molecule has 0 unspecified atom stereocenters. The van der Waals surface area contributed by atoms with E-state index in [1.165, 1.54) is 0 Å². The summed E-state index contributed by atoms with van der Waals surface area (Å²) in [6.07, 6.45) is -3.96. The van der Waals surface area contributed by atoms with Crippen LogP contribution >= 0.6 is 0 Å². The number of hydrogen-bond donors (Lipinski definition) is 2. The minimum absolute atomic E-state index is 0.123. The largest absolute Gasteiger partial charge is 0.444 e. The number of fused-ring (bicyclic) bond motifs is 1. The number of likely N-dealkylation sites (tertiary alicyclic amines) is 1. The molecule has 2 amide bonds. The molecule has 42 heavy (non-hydrogen) atoms. The first kappa shape index (κ1) is 31.8. The van der Waals surface area contributed by atoms with E-state index in [0.717, 1.165) is 0 Å². The number of piperidine rings is 1. The van der Waals surface area contributed by atoms with Gasteiger partial charge in [0.2, 0.25) is 0 Å². The van der Waals surface area contributed by atoms with Crippen LogP contribution in [0.5, 0.6) is 0 Å². The number of anilines is 1. The molecule has 2 aliphatic rings. The van der Waals surface area contributed by atoms with Crippen molar-refractivity contribution in [3.63, 3.8) is 0 Å². The van der Waals surface area contributed by atoms with Crippen molar-refractivity contribution in [2.24, 2.45) is 0 Å². The molecule has 2 fully saturated rings. The fraction of sp³-hybridized carbons (Fsp3) is 0.633. The highest BCUT2D eigenvalue weighted by molar-refractivity contribution is 5.97. The van der Waals surface area contributed by atoms with Crippen LogP contribution in [0.3, 0.4) is 0 Å². The highest BCUT2D eigenvalue weighted by Crippen LogP contribution is 2.36. The van der Waals surface area contributed by atoms with E-state index in [4.69, 9.17) is 14.2 Å². The molecular weight excluding hydrogens is 553 g/mol. The molecule has 2 aromatic rings. The normalized spacial score (nSPS) is 19.3. The van der Waals surface area contributed by atoms with Gasteiger partial charge in [-0.15, -0.1) is 0 Å². The van der Waals surface area contributed by atoms with E-state index in [2.05, 4.69) is 15.6 Å². The van der Waals surface area contributed by atoms with Crippen molar-refractivity contribution in [1.29, 1.82) is 0 Å². The second-order valence-electron chi connectivity index (χ2n) is 13.1. The van der Waals surface area contributed by atoms with Crippen LogP contribution in [0.4, 0.5) is 23.7 Å². The maximum atomic E-state index is 13.4. The Morgan fingerprint density at radius 2 is 1.76 bits per heavy atom. The summed E-state index contributed by atoms with van der Waals surface area (Å²) in [5.74, 6) is -1.23. The molecule has 1 aromatic carbocycles. The molecule has 4 rings (SSSR count). The van der Waals surface area contributed by atoms with Gasteiger partial charge in [0.1, 0.15) is 17.8 Å². The molecule has 2 N–H and O–H groups in total. The van der Waals surface area contributed by atoms with Crippen LogP contribution in [0.15, 0.2) is 18.2 Å². The molecule has 1 aromatic heterocycles. The van der Waals surface area contributed by atoms with Crippen LogP contribution in [0.25, 0.3) is 10.9 Å². The van der Waals surface area contributed by atoms with Gasteiger partial charge in [-0.3, -0.25) is 4.79 Å². The first-order valence-electron chi connectivity index (χ1n) is 14.2. The van der Waals surface area contributed by atoms with Gasteiger partial charge in [-0.1, -0.05) is 20.8 Å². The van der Waals surface area contributed by atoms with Crippen molar-refractivity contribution < 1.29 is 37.0 Å². The van der Waals surface area contributed by atoms with Gasteiger partial charge in [-0.2, -0.15) is 13.2 Å². The van der Waals surface area contributed by atoms with Crippen LogP contribution < -0.4 is 10.6 Å². The molecule has 12 heteroatoms. The summed E-state index contributed by atoms with van der Waals surface area (Å²) < 4.78 is 56.1. The lowest BCUT2D eigenvalue weighted by Gasteiger charge is -2.43. The summed E-state index contributed by atoms with van der Waals surface area (Å²) in [5.41, 5.74) is 1.31. The maximum absolute atomic E-state index is 13.4. The van der Waals surface area contributed by atoms with Gasteiger partial charge >= 0.3 is 12.3 Å². The number of rotatable bonds is 5. The molecule has 2 aliphatic heterocycles. The Labute approximate surface area is 244 Å². The summed E-state index contributed by atoms with van der Waals surface area (Å²) in [4.78, 5) is 32.7. The third kappa shape index (κ3) is 7.63. The third-order valence-corrected chi connectivity index (χ3v) is 7.31. The average molecular weight is 595 g/mol. The van der Waals surface area contributed by atoms with Crippen molar-refractivity contribution in [3.8, 4) is 0 Å². The van der Waals surface area contributed by atoms with Crippen molar-refractivity contribution >= 4 is 28.6 Å². The molecule has 2 saturated heterocycles. The molecular formula is C30H41F3N4O5. The van der Waals surface area contributed by atoms with E-state index in [1.54, 1.807) is 50.8 Å². The summed E-state index contributed by atoms with van der Waals surface area (Å²) in [5, 5.41) is 6.04. The van der Waals surface area contributed by atoms with Crippen LogP contribution in [-0.2, 0) is 19.6 Å². The zero-order valence-electron chi connectivity index (χ0n) is 25.3. The molecule has 0 radical (unpaired) electrons. The van der Waals surface area contributed by atoms with Gasteiger partial charge in [0.25, 0.3) is 5.91 Å². The minimum atomic E-state index is -4.36. The third-order valence-electron chi connectivity index (χ3n) is 7.31. The smallest absolute Gasteiger partial charge is 0.410 e. The summed E-state index contributed by atoms with van der Waals surface area (Å²) in [6, 6.07) is 4.46. The number of benzene rings is 1.